The number of carbonyl (C=O) groups excluding carboxylic acids is 2. The summed E-state index contributed by atoms with van der Waals surface area (Å²) in [7, 11) is 0. The van der Waals surface area contributed by atoms with Crippen LogP contribution in [0.4, 0.5) is 5.69 Å². The van der Waals surface area contributed by atoms with E-state index in [4.69, 9.17) is 4.74 Å². The van der Waals surface area contributed by atoms with Crippen LogP contribution in [0, 0.1) is 13.8 Å². The standard InChI is InChI=1S/C15H18N4O3/c1-4-22-15(21)13-8-19(18-17-13)9-14(20)16-12-6-5-10(2)11(3)7-12/h5-8H,4,9H2,1-3H3,(H,16,20). The number of anilines is 1. The van der Waals surface area contributed by atoms with Gasteiger partial charge in [-0.25, -0.2) is 9.48 Å². The van der Waals surface area contributed by atoms with E-state index in [9.17, 15) is 9.59 Å². The van der Waals surface area contributed by atoms with Gasteiger partial charge in [0.15, 0.2) is 5.69 Å². The van der Waals surface area contributed by atoms with Crippen LogP contribution in [0.3, 0.4) is 0 Å². The first-order chi connectivity index (χ1) is 10.5. The fraction of sp³-hybridized carbons (Fsp3) is 0.333. The SMILES string of the molecule is CCOC(=O)c1cn(CC(=O)Nc2ccc(C)c(C)c2)nn1. The zero-order chi connectivity index (χ0) is 16.1. The number of benzene rings is 1. The van der Waals surface area contributed by atoms with Crippen LogP contribution in [0.15, 0.2) is 24.4 Å². The van der Waals surface area contributed by atoms with Crippen LogP contribution >= 0.6 is 0 Å². The third-order valence-corrected chi connectivity index (χ3v) is 3.12. The quantitative estimate of drug-likeness (QED) is 0.850. The number of aryl methyl sites for hydroxylation is 2. The summed E-state index contributed by atoms with van der Waals surface area (Å²) in [6, 6.07) is 5.68. The zero-order valence-corrected chi connectivity index (χ0v) is 12.8. The molecule has 1 heterocycles. The molecule has 0 atom stereocenters. The first kappa shape index (κ1) is 15.7. The maximum absolute atomic E-state index is 12.0. The number of aromatic nitrogens is 3. The lowest BCUT2D eigenvalue weighted by Crippen LogP contribution is -2.19. The number of ether oxygens (including phenoxy) is 1. The van der Waals surface area contributed by atoms with E-state index in [2.05, 4.69) is 15.6 Å². The molecule has 0 spiro atoms. The van der Waals surface area contributed by atoms with E-state index >= 15 is 0 Å². The van der Waals surface area contributed by atoms with Gasteiger partial charge >= 0.3 is 5.97 Å². The van der Waals surface area contributed by atoms with Gasteiger partial charge in [-0.1, -0.05) is 11.3 Å². The second-order valence-electron chi connectivity index (χ2n) is 4.87. The molecule has 1 N–H and O–H groups in total. The molecule has 0 saturated heterocycles. The summed E-state index contributed by atoms with van der Waals surface area (Å²) in [4.78, 5) is 23.4. The van der Waals surface area contributed by atoms with Gasteiger partial charge in [0, 0.05) is 5.69 Å². The molecule has 116 valence electrons. The smallest absolute Gasteiger partial charge is 0.360 e. The van der Waals surface area contributed by atoms with Gasteiger partial charge in [-0.3, -0.25) is 4.79 Å². The van der Waals surface area contributed by atoms with Gasteiger partial charge in [0.1, 0.15) is 6.54 Å². The first-order valence-corrected chi connectivity index (χ1v) is 6.94. The topological polar surface area (TPSA) is 86.1 Å². The van der Waals surface area contributed by atoms with E-state index in [0.29, 0.717) is 0 Å². The van der Waals surface area contributed by atoms with Crippen LogP contribution < -0.4 is 5.32 Å². The molecule has 22 heavy (non-hydrogen) atoms. The Labute approximate surface area is 128 Å². The van der Waals surface area contributed by atoms with Crippen molar-refractivity contribution < 1.29 is 14.3 Å². The Morgan fingerprint density at radius 3 is 2.73 bits per heavy atom. The highest BCUT2D eigenvalue weighted by atomic mass is 16.5. The Bertz CT molecular complexity index is 694. The maximum atomic E-state index is 12.0. The van der Waals surface area contributed by atoms with Crippen molar-refractivity contribution in [1.29, 1.82) is 0 Å². The van der Waals surface area contributed by atoms with Gasteiger partial charge in [0.25, 0.3) is 0 Å². The van der Waals surface area contributed by atoms with Crippen molar-refractivity contribution in [2.75, 3.05) is 11.9 Å². The van der Waals surface area contributed by atoms with Crippen molar-refractivity contribution in [1.82, 2.24) is 15.0 Å². The number of hydrogen-bond donors (Lipinski definition) is 1. The third-order valence-electron chi connectivity index (χ3n) is 3.12. The Balaban J connectivity index is 1.97. The third kappa shape index (κ3) is 3.91. The number of esters is 1. The average Bonchev–Trinajstić information content (AvgIpc) is 2.91. The summed E-state index contributed by atoms with van der Waals surface area (Å²) in [6.45, 7) is 5.93. The number of amides is 1. The number of hydrogen-bond acceptors (Lipinski definition) is 5. The van der Waals surface area contributed by atoms with E-state index in [1.807, 2.05) is 32.0 Å². The molecule has 2 rings (SSSR count). The summed E-state index contributed by atoms with van der Waals surface area (Å²) < 4.78 is 6.11. The van der Waals surface area contributed by atoms with Gasteiger partial charge in [0.2, 0.25) is 5.91 Å². The molecule has 0 fully saturated rings. The van der Waals surface area contributed by atoms with E-state index in [-0.39, 0.29) is 24.8 Å². The second-order valence-corrected chi connectivity index (χ2v) is 4.87. The van der Waals surface area contributed by atoms with E-state index in [1.165, 1.54) is 10.9 Å². The minimum atomic E-state index is -0.552. The number of carbonyl (C=O) groups is 2. The molecule has 0 unspecified atom stereocenters. The molecule has 7 nitrogen and oxygen atoms in total. The van der Waals surface area contributed by atoms with Crippen LogP contribution in [0.5, 0.6) is 0 Å². The van der Waals surface area contributed by atoms with Gasteiger partial charge < -0.3 is 10.1 Å². The number of rotatable bonds is 5. The van der Waals surface area contributed by atoms with E-state index in [1.54, 1.807) is 6.92 Å². The predicted molar refractivity (Wildman–Crippen MR) is 80.5 cm³/mol. The first-order valence-electron chi connectivity index (χ1n) is 6.94. The summed E-state index contributed by atoms with van der Waals surface area (Å²) in [5, 5.41) is 10.2. The highest BCUT2D eigenvalue weighted by molar-refractivity contribution is 5.91. The molecule has 0 saturated carbocycles. The van der Waals surface area contributed by atoms with E-state index in [0.717, 1.165) is 16.8 Å². The molecule has 0 aliphatic carbocycles. The fourth-order valence-corrected chi connectivity index (χ4v) is 1.84. The minimum absolute atomic E-state index is 0.0284. The Morgan fingerprint density at radius 2 is 2.05 bits per heavy atom. The molecule has 1 amide bonds. The summed E-state index contributed by atoms with van der Waals surface area (Å²) in [6.07, 6.45) is 1.39. The van der Waals surface area contributed by atoms with Crippen molar-refractivity contribution in [3.63, 3.8) is 0 Å². The largest absolute Gasteiger partial charge is 0.461 e. The van der Waals surface area contributed by atoms with Crippen LogP contribution in [0.1, 0.15) is 28.5 Å². The van der Waals surface area contributed by atoms with Gasteiger partial charge in [0.05, 0.1) is 12.8 Å². The van der Waals surface area contributed by atoms with Crippen LogP contribution in [0.2, 0.25) is 0 Å². The van der Waals surface area contributed by atoms with Crippen molar-refractivity contribution >= 4 is 17.6 Å². The molecule has 0 aliphatic heterocycles. The molecular weight excluding hydrogens is 284 g/mol. The second kappa shape index (κ2) is 6.84. The van der Waals surface area contributed by atoms with Crippen LogP contribution in [-0.4, -0.2) is 33.5 Å². The Morgan fingerprint density at radius 1 is 1.27 bits per heavy atom. The summed E-state index contributed by atoms with van der Waals surface area (Å²) >= 11 is 0. The van der Waals surface area contributed by atoms with Crippen molar-refractivity contribution in [2.45, 2.75) is 27.3 Å². The molecule has 2 aromatic rings. The minimum Gasteiger partial charge on any atom is -0.461 e. The van der Waals surface area contributed by atoms with Gasteiger partial charge in [-0.15, -0.1) is 5.10 Å². The lowest BCUT2D eigenvalue weighted by molar-refractivity contribution is -0.116. The van der Waals surface area contributed by atoms with Gasteiger partial charge in [-0.05, 0) is 44.0 Å². The normalized spacial score (nSPS) is 10.3. The monoisotopic (exact) mass is 302 g/mol. The lowest BCUT2D eigenvalue weighted by atomic mass is 10.1. The fourth-order valence-electron chi connectivity index (χ4n) is 1.84. The van der Waals surface area contributed by atoms with E-state index < -0.39 is 5.97 Å². The highest BCUT2D eigenvalue weighted by Gasteiger charge is 2.13. The molecule has 0 radical (unpaired) electrons. The molecule has 7 heteroatoms. The van der Waals surface area contributed by atoms with Crippen molar-refractivity contribution in [3.05, 3.63) is 41.2 Å². The Hall–Kier alpha value is -2.70. The maximum Gasteiger partial charge on any atom is 0.360 e. The van der Waals surface area contributed by atoms with Crippen molar-refractivity contribution in [3.8, 4) is 0 Å². The predicted octanol–water partition coefficient (Wildman–Crippen LogP) is 1.71. The Kier molecular flexibility index (Phi) is 4.88. The zero-order valence-electron chi connectivity index (χ0n) is 12.8. The lowest BCUT2D eigenvalue weighted by Gasteiger charge is -2.07. The van der Waals surface area contributed by atoms with Gasteiger partial charge in [-0.2, -0.15) is 0 Å². The van der Waals surface area contributed by atoms with Crippen LogP contribution in [-0.2, 0) is 16.1 Å². The van der Waals surface area contributed by atoms with Crippen LogP contribution in [0.25, 0.3) is 0 Å². The number of nitrogens with zero attached hydrogens (tertiary/aromatic N) is 3. The molecule has 0 bridgehead atoms. The molecule has 1 aromatic carbocycles. The number of nitrogens with one attached hydrogen (secondary N) is 1. The summed E-state index contributed by atoms with van der Waals surface area (Å²) in [5.74, 6) is -0.799. The summed E-state index contributed by atoms with van der Waals surface area (Å²) in [5.41, 5.74) is 3.07. The highest BCUT2D eigenvalue weighted by Crippen LogP contribution is 2.14. The molecular formula is C15H18N4O3. The molecule has 1 aromatic heterocycles. The van der Waals surface area contributed by atoms with Crippen molar-refractivity contribution in [2.24, 2.45) is 0 Å². The average molecular weight is 302 g/mol. The molecule has 0 aliphatic rings.